The molecular weight excluding hydrogens is 206 g/mol. The molecule has 0 aromatic heterocycles. The van der Waals surface area contributed by atoms with Gasteiger partial charge < -0.3 is 5.73 Å². The molecule has 1 nitrogen and oxygen atoms in total. The quantitative estimate of drug-likeness (QED) is 0.831. The predicted octanol–water partition coefficient (Wildman–Crippen LogP) is 3.85. The Kier molecular flexibility index (Phi) is 6.62. The van der Waals surface area contributed by atoms with Crippen LogP contribution in [-0.2, 0) is 0 Å². The van der Waals surface area contributed by atoms with Gasteiger partial charge in [0.2, 0.25) is 0 Å². The minimum Gasteiger partial charge on any atom is -0.324 e. The van der Waals surface area contributed by atoms with Gasteiger partial charge in [-0.2, -0.15) is 0 Å². The maximum Gasteiger partial charge on any atom is 0.0294 e. The summed E-state index contributed by atoms with van der Waals surface area (Å²) in [6, 6.07) is 8.74. The maximum absolute atomic E-state index is 6.09. The minimum absolute atomic E-state index is 0. The van der Waals surface area contributed by atoms with E-state index in [2.05, 4.69) is 45.0 Å². The Balaban J connectivity index is 0.00000196. The summed E-state index contributed by atoms with van der Waals surface area (Å²) in [4.78, 5) is 0. The number of nitrogens with two attached hydrogens (primary N) is 1. The Morgan fingerprint density at radius 1 is 1.07 bits per heavy atom. The molecule has 0 spiro atoms. The van der Waals surface area contributed by atoms with Crippen LogP contribution in [0.1, 0.15) is 43.9 Å². The second kappa shape index (κ2) is 6.86. The maximum atomic E-state index is 6.09. The molecule has 0 bridgehead atoms. The largest absolute Gasteiger partial charge is 0.324 e. The molecule has 0 heterocycles. The molecule has 0 unspecified atom stereocenters. The lowest BCUT2D eigenvalue weighted by molar-refractivity contribution is 0.507. The summed E-state index contributed by atoms with van der Waals surface area (Å²) in [5.41, 5.74) is 8.65. The Hall–Kier alpha value is -0.530. The van der Waals surface area contributed by atoms with Gasteiger partial charge in [-0.15, -0.1) is 12.4 Å². The Morgan fingerprint density at radius 3 is 2.07 bits per heavy atom. The fourth-order valence-electron chi connectivity index (χ4n) is 1.49. The highest BCUT2D eigenvalue weighted by Gasteiger charge is 2.06. The van der Waals surface area contributed by atoms with Crippen molar-refractivity contribution in [3.05, 3.63) is 35.4 Å². The van der Waals surface area contributed by atoms with E-state index in [-0.39, 0.29) is 18.4 Å². The van der Waals surface area contributed by atoms with E-state index in [1.165, 1.54) is 17.5 Å². The lowest BCUT2D eigenvalue weighted by atomic mass is 9.98. The summed E-state index contributed by atoms with van der Waals surface area (Å²) < 4.78 is 0. The fraction of sp³-hybridized carbons (Fsp3) is 0.538. The first-order valence-corrected chi connectivity index (χ1v) is 5.41. The molecule has 86 valence electrons. The molecule has 0 saturated heterocycles. The average Bonchev–Trinajstić information content (AvgIpc) is 2.15. The average molecular weight is 228 g/mol. The summed E-state index contributed by atoms with van der Waals surface area (Å²) in [6.07, 6.45) is 2.29. The normalized spacial score (nSPS) is 12.3. The molecule has 1 atom stereocenters. The topological polar surface area (TPSA) is 26.0 Å². The van der Waals surface area contributed by atoms with Crippen molar-refractivity contribution in [2.45, 2.75) is 39.7 Å². The van der Waals surface area contributed by atoms with E-state index in [1.54, 1.807) is 0 Å². The molecule has 0 saturated carbocycles. The number of hydrogen-bond acceptors (Lipinski definition) is 1. The van der Waals surface area contributed by atoms with Gasteiger partial charge in [0.05, 0.1) is 0 Å². The molecular formula is C13H22ClN. The first-order valence-electron chi connectivity index (χ1n) is 5.41. The van der Waals surface area contributed by atoms with Crippen LogP contribution in [0.3, 0.4) is 0 Å². The summed E-state index contributed by atoms with van der Waals surface area (Å²) in [5, 5.41) is 0. The summed E-state index contributed by atoms with van der Waals surface area (Å²) in [5.74, 6) is 0.742. The van der Waals surface area contributed by atoms with E-state index in [4.69, 9.17) is 5.73 Å². The molecule has 0 amide bonds. The third-order valence-corrected chi connectivity index (χ3v) is 2.56. The third kappa shape index (κ3) is 5.19. The minimum atomic E-state index is 0. The van der Waals surface area contributed by atoms with E-state index < -0.39 is 0 Å². The van der Waals surface area contributed by atoms with Crippen LogP contribution in [-0.4, -0.2) is 0 Å². The fourth-order valence-corrected chi connectivity index (χ4v) is 1.49. The van der Waals surface area contributed by atoms with Crippen molar-refractivity contribution in [2.24, 2.45) is 11.7 Å². The Morgan fingerprint density at radius 2 is 1.60 bits per heavy atom. The van der Waals surface area contributed by atoms with E-state index in [0.717, 1.165) is 12.3 Å². The van der Waals surface area contributed by atoms with Crippen molar-refractivity contribution in [3.63, 3.8) is 0 Å². The molecule has 0 aliphatic rings. The lowest BCUT2D eigenvalue weighted by Crippen LogP contribution is -2.11. The van der Waals surface area contributed by atoms with Crippen LogP contribution in [0.4, 0.5) is 0 Å². The first kappa shape index (κ1) is 14.5. The zero-order valence-corrected chi connectivity index (χ0v) is 10.7. The summed E-state index contributed by atoms with van der Waals surface area (Å²) >= 11 is 0. The zero-order chi connectivity index (χ0) is 10.6. The van der Waals surface area contributed by atoms with E-state index in [0.29, 0.717) is 0 Å². The molecule has 2 heteroatoms. The number of hydrogen-bond donors (Lipinski definition) is 1. The number of benzene rings is 1. The molecule has 1 aromatic rings. The lowest BCUT2D eigenvalue weighted by Gasteiger charge is -2.13. The van der Waals surface area contributed by atoms with Crippen molar-refractivity contribution < 1.29 is 0 Å². The van der Waals surface area contributed by atoms with E-state index in [9.17, 15) is 0 Å². The predicted molar refractivity (Wildman–Crippen MR) is 69.4 cm³/mol. The van der Waals surface area contributed by atoms with E-state index >= 15 is 0 Å². The van der Waals surface area contributed by atoms with Crippen LogP contribution in [0.2, 0.25) is 0 Å². The van der Waals surface area contributed by atoms with Crippen LogP contribution in [0.15, 0.2) is 24.3 Å². The van der Waals surface area contributed by atoms with Gasteiger partial charge in [0, 0.05) is 6.04 Å². The standard InChI is InChI=1S/C13H21N.ClH/c1-10(2)4-9-13(14)12-7-5-11(3)6-8-12;/h5-8,10,13H,4,9,14H2,1-3H3;1H/t13-;/m1./s1. The van der Waals surface area contributed by atoms with Crippen molar-refractivity contribution in [3.8, 4) is 0 Å². The van der Waals surface area contributed by atoms with Gasteiger partial charge in [0.25, 0.3) is 0 Å². The molecule has 1 rings (SSSR count). The van der Waals surface area contributed by atoms with Crippen LogP contribution in [0.5, 0.6) is 0 Å². The van der Waals surface area contributed by atoms with Crippen molar-refractivity contribution in [2.75, 3.05) is 0 Å². The molecule has 0 aliphatic heterocycles. The Labute approximate surface area is 99.5 Å². The number of rotatable bonds is 4. The van der Waals surface area contributed by atoms with Gasteiger partial charge in [0.1, 0.15) is 0 Å². The highest BCUT2D eigenvalue weighted by molar-refractivity contribution is 5.85. The second-order valence-electron chi connectivity index (χ2n) is 4.49. The van der Waals surface area contributed by atoms with Crippen molar-refractivity contribution in [1.82, 2.24) is 0 Å². The van der Waals surface area contributed by atoms with Gasteiger partial charge in [0.15, 0.2) is 0 Å². The highest BCUT2D eigenvalue weighted by atomic mass is 35.5. The summed E-state index contributed by atoms with van der Waals surface area (Å²) in [7, 11) is 0. The van der Waals surface area contributed by atoms with Gasteiger partial charge in [-0.25, -0.2) is 0 Å². The smallest absolute Gasteiger partial charge is 0.0294 e. The SMILES string of the molecule is Cc1ccc([C@H](N)CCC(C)C)cc1.Cl. The van der Waals surface area contributed by atoms with Gasteiger partial charge in [-0.3, -0.25) is 0 Å². The second-order valence-corrected chi connectivity index (χ2v) is 4.49. The molecule has 15 heavy (non-hydrogen) atoms. The van der Waals surface area contributed by atoms with Crippen LogP contribution >= 0.6 is 12.4 Å². The molecule has 0 fully saturated rings. The Bertz CT molecular complexity index is 266. The number of aryl methyl sites for hydroxylation is 1. The molecule has 0 aliphatic carbocycles. The summed E-state index contributed by atoms with van der Waals surface area (Å²) in [6.45, 7) is 6.58. The van der Waals surface area contributed by atoms with Gasteiger partial charge in [-0.05, 0) is 31.2 Å². The monoisotopic (exact) mass is 227 g/mol. The van der Waals surface area contributed by atoms with Crippen molar-refractivity contribution >= 4 is 12.4 Å². The highest BCUT2D eigenvalue weighted by Crippen LogP contribution is 2.18. The van der Waals surface area contributed by atoms with Crippen LogP contribution in [0, 0.1) is 12.8 Å². The molecule has 0 radical (unpaired) electrons. The first-order chi connectivity index (χ1) is 6.59. The molecule has 2 N–H and O–H groups in total. The van der Waals surface area contributed by atoms with Gasteiger partial charge >= 0.3 is 0 Å². The zero-order valence-electron chi connectivity index (χ0n) is 9.86. The van der Waals surface area contributed by atoms with Gasteiger partial charge in [-0.1, -0.05) is 43.7 Å². The third-order valence-electron chi connectivity index (χ3n) is 2.56. The van der Waals surface area contributed by atoms with Crippen LogP contribution < -0.4 is 5.73 Å². The van der Waals surface area contributed by atoms with E-state index in [1.807, 2.05) is 0 Å². The molecule has 1 aromatic carbocycles. The number of halogens is 1. The van der Waals surface area contributed by atoms with Crippen LogP contribution in [0.25, 0.3) is 0 Å². The van der Waals surface area contributed by atoms with Crippen molar-refractivity contribution in [1.29, 1.82) is 0 Å².